The summed E-state index contributed by atoms with van der Waals surface area (Å²) in [5.41, 5.74) is 7.99. The molecule has 2 amide bonds. The predicted molar refractivity (Wildman–Crippen MR) is 156 cm³/mol. The zero-order valence-corrected chi connectivity index (χ0v) is 21.8. The molecule has 39 heavy (non-hydrogen) atoms. The Kier molecular flexibility index (Phi) is 5.31. The summed E-state index contributed by atoms with van der Waals surface area (Å²) in [7, 11) is 4.12. The van der Waals surface area contributed by atoms with Gasteiger partial charge < -0.3 is 30.1 Å². The predicted octanol–water partition coefficient (Wildman–Crippen LogP) is 5.65. The van der Waals surface area contributed by atoms with Gasteiger partial charge in [0.2, 0.25) is 0 Å². The third-order valence-corrected chi connectivity index (χ3v) is 7.50. The summed E-state index contributed by atoms with van der Waals surface area (Å²) in [6.45, 7) is 1.48. The van der Waals surface area contributed by atoms with Crippen molar-refractivity contribution in [2.24, 2.45) is 0 Å². The highest BCUT2D eigenvalue weighted by molar-refractivity contribution is 6.11. The number of para-hydroxylation sites is 1. The van der Waals surface area contributed by atoms with Gasteiger partial charge >= 0.3 is 0 Å². The average Bonchev–Trinajstić information content (AvgIpc) is 3.71. The largest absolute Gasteiger partial charge is 0.361 e. The molecule has 8 heteroatoms. The van der Waals surface area contributed by atoms with Crippen molar-refractivity contribution in [2.45, 2.75) is 13.0 Å². The number of hydrogen-bond donors (Lipinski definition) is 4. The summed E-state index contributed by atoms with van der Waals surface area (Å²) in [6, 6.07) is 21.2. The van der Waals surface area contributed by atoms with Gasteiger partial charge in [-0.2, -0.15) is 0 Å². The van der Waals surface area contributed by atoms with Crippen LogP contribution in [0.25, 0.3) is 32.7 Å². The van der Waals surface area contributed by atoms with Crippen molar-refractivity contribution in [1.82, 2.24) is 19.9 Å². The van der Waals surface area contributed by atoms with E-state index in [1.807, 2.05) is 65.6 Å². The van der Waals surface area contributed by atoms with Crippen LogP contribution in [0.5, 0.6) is 0 Å². The quantitative estimate of drug-likeness (QED) is 0.238. The van der Waals surface area contributed by atoms with Crippen molar-refractivity contribution in [3.05, 3.63) is 95.4 Å². The van der Waals surface area contributed by atoms with Gasteiger partial charge in [0, 0.05) is 63.4 Å². The van der Waals surface area contributed by atoms with E-state index < -0.39 is 0 Å². The maximum atomic E-state index is 13.7. The average molecular weight is 517 g/mol. The van der Waals surface area contributed by atoms with Gasteiger partial charge in [0.05, 0.1) is 0 Å². The molecule has 0 saturated heterocycles. The molecule has 7 rings (SSSR count). The maximum absolute atomic E-state index is 13.7. The summed E-state index contributed by atoms with van der Waals surface area (Å²) >= 11 is 0. The number of H-pyrrole nitrogens is 3. The van der Waals surface area contributed by atoms with Crippen molar-refractivity contribution in [2.75, 3.05) is 30.9 Å². The molecule has 3 aromatic heterocycles. The van der Waals surface area contributed by atoms with Crippen LogP contribution in [0.2, 0.25) is 0 Å². The Morgan fingerprint density at radius 2 is 1.67 bits per heavy atom. The Labute approximate surface area is 224 Å². The highest BCUT2D eigenvalue weighted by atomic mass is 16.2. The number of nitrogens with one attached hydrogen (secondary N) is 4. The molecule has 4 heterocycles. The molecule has 194 valence electrons. The molecule has 8 nitrogen and oxygen atoms in total. The van der Waals surface area contributed by atoms with Gasteiger partial charge in [-0.15, -0.1) is 0 Å². The minimum atomic E-state index is -0.212. The van der Waals surface area contributed by atoms with Crippen LogP contribution in [0.3, 0.4) is 0 Å². The molecule has 0 radical (unpaired) electrons. The lowest BCUT2D eigenvalue weighted by Crippen LogP contribution is -2.29. The molecule has 0 bridgehead atoms. The molecule has 1 aliphatic rings. The van der Waals surface area contributed by atoms with Crippen LogP contribution in [0.4, 0.5) is 11.4 Å². The van der Waals surface area contributed by atoms with Gasteiger partial charge in [-0.3, -0.25) is 9.59 Å². The first-order valence-electron chi connectivity index (χ1n) is 13.0. The molecular formula is C31H28N6O2. The summed E-state index contributed by atoms with van der Waals surface area (Å²) in [4.78, 5) is 40.4. The highest BCUT2D eigenvalue weighted by Crippen LogP contribution is 2.37. The van der Waals surface area contributed by atoms with E-state index in [-0.39, 0.29) is 11.8 Å². The first kappa shape index (κ1) is 23.3. The first-order chi connectivity index (χ1) is 18.9. The second-order valence-corrected chi connectivity index (χ2v) is 10.5. The molecule has 0 atom stereocenters. The molecular weight excluding hydrogens is 488 g/mol. The van der Waals surface area contributed by atoms with Crippen molar-refractivity contribution in [3.8, 4) is 0 Å². The number of nitrogens with zero attached hydrogens (tertiary/aromatic N) is 2. The Balaban J connectivity index is 1.15. The maximum Gasteiger partial charge on any atom is 0.274 e. The van der Waals surface area contributed by atoms with Crippen LogP contribution in [-0.2, 0) is 13.0 Å². The molecule has 4 N–H and O–H groups in total. The van der Waals surface area contributed by atoms with E-state index in [1.54, 1.807) is 0 Å². The van der Waals surface area contributed by atoms with Gasteiger partial charge in [-0.25, -0.2) is 0 Å². The number of carbonyl (C=O) groups excluding carboxylic acids is 2. The van der Waals surface area contributed by atoms with Gasteiger partial charge in [0.1, 0.15) is 11.4 Å². The van der Waals surface area contributed by atoms with Crippen LogP contribution in [0.1, 0.15) is 32.1 Å². The van der Waals surface area contributed by atoms with Gasteiger partial charge in [-0.1, -0.05) is 18.2 Å². The number of amides is 2. The topological polar surface area (TPSA) is 100 Å². The fourth-order valence-electron chi connectivity index (χ4n) is 5.75. The Bertz CT molecular complexity index is 1870. The second kappa shape index (κ2) is 8.89. The number of carbonyl (C=O) groups is 2. The van der Waals surface area contributed by atoms with Crippen LogP contribution < -0.4 is 10.2 Å². The lowest BCUT2D eigenvalue weighted by Gasteiger charge is -2.17. The highest BCUT2D eigenvalue weighted by Gasteiger charge is 2.29. The van der Waals surface area contributed by atoms with E-state index >= 15 is 0 Å². The smallest absolute Gasteiger partial charge is 0.274 e. The molecule has 0 fully saturated rings. The van der Waals surface area contributed by atoms with E-state index in [2.05, 4.69) is 51.5 Å². The fraction of sp³-hybridized carbons (Fsp3) is 0.161. The number of fused-ring (bicyclic) bond motifs is 5. The van der Waals surface area contributed by atoms with Crippen molar-refractivity contribution < 1.29 is 9.59 Å². The molecule has 6 aromatic rings. The van der Waals surface area contributed by atoms with E-state index in [4.69, 9.17) is 0 Å². The van der Waals surface area contributed by atoms with E-state index in [1.165, 1.54) is 16.5 Å². The lowest BCUT2D eigenvalue weighted by atomic mass is 10.0. The minimum Gasteiger partial charge on any atom is -0.361 e. The molecule has 0 aliphatic carbocycles. The summed E-state index contributed by atoms with van der Waals surface area (Å²) in [6.07, 6.45) is 2.89. The first-order valence-corrected chi connectivity index (χ1v) is 13.0. The third-order valence-electron chi connectivity index (χ3n) is 7.50. The lowest BCUT2D eigenvalue weighted by molar-refractivity contribution is 0.0983. The zero-order chi connectivity index (χ0) is 26.7. The van der Waals surface area contributed by atoms with Crippen LogP contribution in [0.15, 0.2) is 72.9 Å². The zero-order valence-electron chi connectivity index (χ0n) is 21.8. The molecule has 0 spiro atoms. The summed E-state index contributed by atoms with van der Waals surface area (Å²) < 4.78 is 0. The number of rotatable bonds is 5. The molecule has 0 saturated carbocycles. The fourth-order valence-corrected chi connectivity index (χ4v) is 5.75. The normalized spacial score (nSPS) is 13.2. The Morgan fingerprint density at radius 1 is 0.897 bits per heavy atom. The van der Waals surface area contributed by atoms with Gasteiger partial charge in [0.15, 0.2) is 0 Å². The number of aromatic nitrogens is 3. The van der Waals surface area contributed by atoms with E-state index in [9.17, 15) is 9.59 Å². The SMILES string of the molecule is CN(C)Cc1c[nH]c2ccc3c(c12)CCN3C(=O)c1cc2cc(NC(=O)c3cc4ccccc4[nH]3)ccc2[nH]1. The molecule has 1 aliphatic heterocycles. The summed E-state index contributed by atoms with van der Waals surface area (Å²) in [5.74, 6) is -0.270. The monoisotopic (exact) mass is 516 g/mol. The van der Waals surface area contributed by atoms with Crippen LogP contribution >= 0.6 is 0 Å². The number of hydrogen-bond acceptors (Lipinski definition) is 3. The van der Waals surface area contributed by atoms with Crippen LogP contribution in [0, 0.1) is 0 Å². The minimum absolute atomic E-state index is 0.0577. The van der Waals surface area contributed by atoms with E-state index in [0.717, 1.165) is 46.0 Å². The Morgan fingerprint density at radius 3 is 2.51 bits per heavy atom. The molecule has 0 unspecified atom stereocenters. The second-order valence-electron chi connectivity index (χ2n) is 10.5. The summed E-state index contributed by atoms with van der Waals surface area (Å²) in [5, 5.41) is 6.04. The Hall–Kier alpha value is -4.82. The van der Waals surface area contributed by atoms with Gasteiger partial charge in [-0.05, 0) is 80.2 Å². The third kappa shape index (κ3) is 3.97. The van der Waals surface area contributed by atoms with E-state index in [0.29, 0.717) is 23.6 Å². The van der Waals surface area contributed by atoms with Crippen molar-refractivity contribution >= 4 is 55.9 Å². The number of anilines is 2. The number of benzene rings is 3. The van der Waals surface area contributed by atoms with Crippen LogP contribution in [-0.4, -0.2) is 52.3 Å². The van der Waals surface area contributed by atoms with Crippen molar-refractivity contribution in [1.29, 1.82) is 0 Å². The number of aromatic amines is 3. The van der Waals surface area contributed by atoms with Gasteiger partial charge in [0.25, 0.3) is 11.8 Å². The standard InChI is InChI=1S/C31H28N6O2/c1-36(2)17-20-16-32-25-9-10-28-22(29(20)25)11-12-37(28)31(39)27-15-19-13-21(7-8-24(19)35-27)33-30(38)26-14-18-5-3-4-6-23(18)34-26/h3-10,13-16,32,34-35H,11-12,17H2,1-2H3,(H,33,38). The molecule has 3 aromatic carbocycles. The van der Waals surface area contributed by atoms with Crippen molar-refractivity contribution in [3.63, 3.8) is 0 Å².